The molecule has 2 aliphatic heterocycles. The van der Waals surface area contributed by atoms with Gasteiger partial charge in [-0.2, -0.15) is 0 Å². The molecule has 92 valence electrons. The van der Waals surface area contributed by atoms with E-state index in [0.717, 1.165) is 25.9 Å². The van der Waals surface area contributed by atoms with E-state index in [1.807, 2.05) is 0 Å². The highest BCUT2D eigenvalue weighted by Crippen LogP contribution is 2.27. The SMILES string of the molecule is CC(C)CN1C(N)=NCC1C1CCC(C)O1. The fourth-order valence-electron chi connectivity index (χ4n) is 2.60. The van der Waals surface area contributed by atoms with Gasteiger partial charge >= 0.3 is 0 Å². The van der Waals surface area contributed by atoms with Crippen molar-refractivity contribution in [2.45, 2.75) is 51.9 Å². The quantitative estimate of drug-likeness (QED) is 0.785. The first-order valence-corrected chi connectivity index (χ1v) is 6.30. The van der Waals surface area contributed by atoms with Gasteiger partial charge in [-0.3, -0.25) is 4.99 Å². The average Bonchev–Trinajstić information content (AvgIpc) is 2.75. The minimum Gasteiger partial charge on any atom is -0.373 e. The molecule has 2 aliphatic rings. The molecule has 0 bridgehead atoms. The second-order valence-electron chi connectivity index (χ2n) is 5.37. The molecular weight excluding hydrogens is 202 g/mol. The van der Waals surface area contributed by atoms with Crippen LogP contribution >= 0.6 is 0 Å². The van der Waals surface area contributed by atoms with Crippen LogP contribution in [0.15, 0.2) is 4.99 Å². The zero-order valence-corrected chi connectivity index (χ0v) is 10.5. The Hall–Kier alpha value is -0.770. The van der Waals surface area contributed by atoms with Crippen molar-refractivity contribution in [3.8, 4) is 0 Å². The van der Waals surface area contributed by atoms with Crippen molar-refractivity contribution >= 4 is 5.96 Å². The molecule has 3 atom stereocenters. The lowest BCUT2D eigenvalue weighted by molar-refractivity contribution is 0.0154. The summed E-state index contributed by atoms with van der Waals surface area (Å²) in [5.74, 6) is 1.30. The van der Waals surface area contributed by atoms with Crippen molar-refractivity contribution in [2.75, 3.05) is 13.1 Å². The standard InChI is InChI=1S/C12H23N3O/c1-8(2)7-15-10(6-14-12(15)13)11-5-4-9(3)16-11/h8-11H,4-7H2,1-3H3,(H2,13,14). The summed E-state index contributed by atoms with van der Waals surface area (Å²) in [6, 6.07) is 0.368. The molecule has 0 amide bonds. The van der Waals surface area contributed by atoms with Gasteiger partial charge in [0.05, 0.1) is 24.8 Å². The summed E-state index contributed by atoms with van der Waals surface area (Å²) in [6.45, 7) is 8.34. The molecule has 16 heavy (non-hydrogen) atoms. The van der Waals surface area contributed by atoms with Crippen molar-refractivity contribution in [2.24, 2.45) is 16.6 Å². The Morgan fingerprint density at radius 2 is 2.25 bits per heavy atom. The van der Waals surface area contributed by atoms with Gasteiger partial charge in [-0.05, 0) is 25.7 Å². The van der Waals surface area contributed by atoms with E-state index in [2.05, 4.69) is 30.7 Å². The largest absolute Gasteiger partial charge is 0.373 e. The Morgan fingerprint density at radius 1 is 1.50 bits per heavy atom. The molecule has 0 saturated carbocycles. The van der Waals surface area contributed by atoms with Crippen molar-refractivity contribution in [1.82, 2.24) is 4.90 Å². The monoisotopic (exact) mass is 225 g/mol. The number of hydrogen-bond acceptors (Lipinski definition) is 4. The maximum absolute atomic E-state index is 5.94. The lowest BCUT2D eigenvalue weighted by Crippen LogP contribution is -2.48. The Bertz CT molecular complexity index is 277. The minimum atomic E-state index is 0.318. The summed E-state index contributed by atoms with van der Waals surface area (Å²) in [5.41, 5.74) is 5.94. The van der Waals surface area contributed by atoms with Crippen LogP contribution in [0.2, 0.25) is 0 Å². The third-order valence-electron chi connectivity index (χ3n) is 3.39. The number of nitrogens with two attached hydrogens (primary N) is 1. The van der Waals surface area contributed by atoms with Gasteiger partial charge < -0.3 is 15.4 Å². The van der Waals surface area contributed by atoms with Gasteiger partial charge in [-0.25, -0.2) is 0 Å². The van der Waals surface area contributed by atoms with Gasteiger partial charge in [0.25, 0.3) is 0 Å². The van der Waals surface area contributed by atoms with Crippen LogP contribution in [0.25, 0.3) is 0 Å². The first kappa shape index (κ1) is 11.7. The lowest BCUT2D eigenvalue weighted by Gasteiger charge is -2.31. The van der Waals surface area contributed by atoms with Gasteiger partial charge in [0.2, 0.25) is 0 Å². The number of aliphatic imine (C=N–C) groups is 1. The van der Waals surface area contributed by atoms with Crippen LogP contribution in [0.3, 0.4) is 0 Å². The molecule has 0 aromatic carbocycles. The van der Waals surface area contributed by atoms with E-state index < -0.39 is 0 Å². The van der Waals surface area contributed by atoms with Gasteiger partial charge in [-0.1, -0.05) is 13.8 Å². The van der Waals surface area contributed by atoms with Crippen molar-refractivity contribution < 1.29 is 4.74 Å². The highest BCUT2D eigenvalue weighted by atomic mass is 16.5. The van der Waals surface area contributed by atoms with Crippen LogP contribution in [-0.2, 0) is 4.74 Å². The number of hydrogen-bond donors (Lipinski definition) is 1. The molecule has 3 unspecified atom stereocenters. The molecule has 0 radical (unpaired) electrons. The van der Waals surface area contributed by atoms with E-state index in [1.54, 1.807) is 0 Å². The Balaban J connectivity index is 1.99. The van der Waals surface area contributed by atoms with Crippen LogP contribution in [0, 0.1) is 5.92 Å². The maximum Gasteiger partial charge on any atom is 0.191 e. The predicted molar refractivity (Wildman–Crippen MR) is 65.4 cm³/mol. The fourth-order valence-corrected chi connectivity index (χ4v) is 2.60. The van der Waals surface area contributed by atoms with Gasteiger partial charge in [0.1, 0.15) is 0 Å². The molecule has 4 heteroatoms. The number of guanidine groups is 1. The molecule has 1 fully saturated rings. The highest BCUT2D eigenvalue weighted by molar-refractivity contribution is 5.80. The molecule has 0 aromatic rings. The second kappa shape index (κ2) is 4.62. The summed E-state index contributed by atoms with van der Waals surface area (Å²) in [4.78, 5) is 6.59. The number of ether oxygens (including phenoxy) is 1. The summed E-state index contributed by atoms with van der Waals surface area (Å²) in [5, 5.41) is 0. The summed E-state index contributed by atoms with van der Waals surface area (Å²) < 4.78 is 5.93. The highest BCUT2D eigenvalue weighted by Gasteiger charge is 2.37. The van der Waals surface area contributed by atoms with Crippen LogP contribution in [0.1, 0.15) is 33.6 Å². The van der Waals surface area contributed by atoms with Crippen LogP contribution in [0.4, 0.5) is 0 Å². The number of rotatable bonds is 3. The predicted octanol–water partition coefficient (Wildman–Crippen LogP) is 1.21. The third kappa shape index (κ3) is 2.32. The summed E-state index contributed by atoms with van der Waals surface area (Å²) >= 11 is 0. The van der Waals surface area contributed by atoms with Crippen molar-refractivity contribution in [3.05, 3.63) is 0 Å². The third-order valence-corrected chi connectivity index (χ3v) is 3.39. The zero-order chi connectivity index (χ0) is 11.7. The van der Waals surface area contributed by atoms with E-state index in [4.69, 9.17) is 10.5 Å². The average molecular weight is 225 g/mol. The Morgan fingerprint density at radius 3 is 2.81 bits per heavy atom. The van der Waals surface area contributed by atoms with Crippen molar-refractivity contribution in [3.63, 3.8) is 0 Å². The summed E-state index contributed by atoms with van der Waals surface area (Å²) in [7, 11) is 0. The fraction of sp³-hybridized carbons (Fsp3) is 0.917. The minimum absolute atomic E-state index is 0.318. The molecule has 2 N–H and O–H groups in total. The first-order chi connectivity index (χ1) is 7.58. The van der Waals surface area contributed by atoms with Crippen LogP contribution in [-0.4, -0.2) is 42.2 Å². The van der Waals surface area contributed by atoms with E-state index in [9.17, 15) is 0 Å². The van der Waals surface area contributed by atoms with Crippen LogP contribution in [0.5, 0.6) is 0 Å². The molecule has 1 saturated heterocycles. The van der Waals surface area contributed by atoms with Crippen LogP contribution < -0.4 is 5.73 Å². The summed E-state index contributed by atoms with van der Waals surface area (Å²) in [6.07, 6.45) is 3.02. The Labute approximate surface area is 97.9 Å². The van der Waals surface area contributed by atoms with Crippen molar-refractivity contribution in [1.29, 1.82) is 0 Å². The lowest BCUT2D eigenvalue weighted by atomic mass is 10.1. The first-order valence-electron chi connectivity index (χ1n) is 6.30. The molecule has 4 nitrogen and oxygen atoms in total. The molecule has 0 aromatic heterocycles. The number of nitrogens with zero attached hydrogens (tertiary/aromatic N) is 2. The van der Waals surface area contributed by atoms with Gasteiger partial charge in [0.15, 0.2) is 5.96 Å². The van der Waals surface area contributed by atoms with E-state index in [1.165, 1.54) is 0 Å². The topological polar surface area (TPSA) is 50.8 Å². The second-order valence-corrected chi connectivity index (χ2v) is 5.37. The molecular formula is C12H23N3O. The maximum atomic E-state index is 5.94. The molecule has 2 heterocycles. The molecule has 0 spiro atoms. The zero-order valence-electron chi connectivity index (χ0n) is 10.5. The smallest absolute Gasteiger partial charge is 0.191 e. The van der Waals surface area contributed by atoms with E-state index in [-0.39, 0.29) is 0 Å². The normalized spacial score (nSPS) is 34.9. The molecule has 0 aliphatic carbocycles. The Kier molecular flexibility index (Phi) is 3.38. The van der Waals surface area contributed by atoms with E-state index >= 15 is 0 Å². The van der Waals surface area contributed by atoms with E-state index in [0.29, 0.717) is 30.1 Å². The molecule has 2 rings (SSSR count). The van der Waals surface area contributed by atoms with Gasteiger partial charge in [-0.15, -0.1) is 0 Å². The van der Waals surface area contributed by atoms with Gasteiger partial charge in [0, 0.05) is 6.54 Å².